The molecule has 1 N–H and O–H groups in total. The summed E-state index contributed by atoms with van der Waals surface area (Å²) in [5.74, 6) is 0.599. The first-order valence-electron chi connectivity index (χ1n) is 9.38. The maximum absolute atomic E-state index is 4.64. The van der Waals surface area contributed by atoms with E-state index >= 15 is 0 Å². The minimum Gasteiger partial charge on any atom is -0.355 e. The molecule has 1 saturated heterocycles. The van der Waals surface area contributed by atoms with Gasteiger partial charge in [-0.15, -0.1) is 22.7 Å². The summed E-state index contributed by atoms with van der Waals surface area (Å²) in [6, 6.07) is 11.4. The number of thiophene rings is 1. The molecule has 0 unspecified atom stereocenters. The molecule has 0 aliphatic carbocycles. The van der Waals surface area contributed by atoms with Gasteiger partial charge in [-0.3, -0.25) is 0 Å². The zero-order chi connectivity index (χ0) is 18.4. The minimum atomic E-state index is 0.579. The van der Waals surface area contributed by atoms with Gasteiger partial charge in [0.15, 0.2) is 0 Å². The summed E-state index contributed by atoms with van der Waals surface area (Å²) in [6.45, 7) is 3.55. The van der Waals surface area contributed by atoms with Crippen molar-refractivity contribution in [2.75, 3.05) is 18.9 Å². The number of hydrogen-bond donors (Lipinski definition) is 1. The van der Waals surface area contributed by atoms with E-state index in [4.69, 9.17) is 0 Å². The second-order valence-electron chi connectivity index (χ2n) is 7.36. The summed E-state index contributed by atoms with van der Waals surface area (Å²) >= 11 is 3.52. The van der Waals surface area contributed by atoms with Gasteiger partial charge in [0.1, 0.15) is 4.83 Å². The Morgan fingerprint density at radius 2 is 2.11 bits per heavy atom. The summed E-state index contributed by atoms with van der Waals surface area (Å²) in [5.41, 5.74) is 5.13. The van der Waals surface area contributed by atoms with E-state index in [1.54, 1.807) is 11.3 Å². The number of thiazole rings is 1. The molecule has 1 aliphatic rings. The van der Waals surface area contributed by atoms with Crippen molar-refractivity contribution in [3.05, 3.63) is 46.9 Å². The van der Waals surface area contributed by atoms with E-state index in [1.807, 2.05) is 23.0 Å². The number of hydrogen-bond acceptors (Lipinski definition) is 6. The van der Waals surface area contributed by atoms with Gasteiger partial charge in [0.2, 0.25) is 0 Å². The van der Waals surface area contributed by atoms with Crippen molar-refractivity contribution in [2.24, 2.45) is 0 Å². The topological polar surface area (TPSA) is 41.1 Å². The Morgan fingerprint density at radius 3 is 3.04 bits per heavy atom. The van der Waals surface area contributed by atoms with Crippen molar-refractivity contribution < 1.29 is 0 Å². The molecule has 6 heteroatoms. The van der Waals surface area contributed by atoms with Gasteiger partial charge in [-0.1, -0.05) is 0 Å². The highest BCUT2D eigenvalue weighted by molar-refractivity contribution is 7.18. The molecule has 3 aromatic heterocycles. The average molecular weight is 395 g/mol. The molecule has 4 aromatic rings. The molecule has 2 atom stereocenters. The van der Waals surface area contributed by atoms with Crippen LogP contribution in [0, 0.1) is 0 Å². The fourth-order valence-electron chi connectivity index (χ4n) is 4.03. The Morgan fingerprint density at radius 1 is 1.19 bits per heavy atom. The maximum atomic E-state index is 4.64. The Balaban J connectivity index is 1.50. The van der Waals surface area contributed by atoms with Crippen LogP contribution in [0.4, 0.5) is 11.4 Å². The molecule has 1 aliphatic heterocycles. The van der Waals surface area contributed by atoms with Gasteiger partial charge in [-0.05, 0) is 63.7 Å². The normalized spacial score (nSPS) is 21.1. The van der Waals surface area contributed by atoms with Crippen molar-refractivity contribution in [1.29, 1.82) is 0 Å². The van der Waals surface area contributed by atoms with Gasteiger partial charge < -0.3 is 10.2 Å². The molecule has 4 nitrogen and oxygen atoms in total. The summed E-state index contributed by atoms with van der Waals surface area (Å²) in [6.07, 6.45) is 4.44. The SMILES string of the molecule is C[C@@H]1[C@H](c2cc3c(Nc4ccc5scnc5c4)ccnc3s2)CCCN1C. The fourth-order valence-corrected chi connectivity index (χ4v) is 5.95. The third-order valence-corrected chi connectivity index (χ3v) is 7.72. The first kappa shape index (κ1) is 17.1. The van der Waals surface area contributed by atoms with E-state index in [9.17, 15) is 0 Å². The summed E-state index contributed by atoms with van der Waals surface area (Å²) in [4.78, 5) is 14.1. The molecule has 138 valence electrons. The van der Waals surface area contributed by atoms with Gasteiger partial charge in [0.05, 0.1) is 21.4 Å². The molecular formula is C21H22N4S2. The highest BCUT2D eigenvalue weighted by Gasteiger charge is 2.28. The van der Waals surface area contributed by atoms with E-state index in [0.29, 0.717) is 12.0 Å². The Kier molecular flexibility index (Phi) is 4.34. The van der Waals surface area contributed by atoms with Crippen LogP contribution in [-0.2, 0) is 0 Å². The highest BCUT2D eigenvalue weighted by atomic mass is 32.1. The van der Waals surface area contributed by atoms with Crippen LogP contribution >= 0.6 is 22.7 Å². The lowest BCUT2D eigenvalue weighted by atomic mass is 9.89. The molecule has 5 rings (SSSR count). The first-order chi connectivity index (χ1) is 13.2. The lowest BCUT2D eigenvalue weighted by Crippen LogP contribution is -2.38. The van der Waals surface area contributed by atoms with Crippen LogP contribution in [0.2, 0.25) is 0 Å². The Hall–Kier alpha value is -2.02. The van der Waals surface area contributed by atoms with Crippen molar-refractivity contribution in [1.82, 2.24) is 14.9 Å². The quantitative estimate of drug-likeness (QED) is 0.473. The molecule has 0 saturated carbocycles. The smallest absolute Gasteiger partial charge is 0.125 e. The molecule has 27 heavy (non-hydrogen) atoms. The summed E-state index contributed by atoms with van der Waals surface area (Å²) in [5, 5.41) is 4.80. The Bertz CT molecular complexity index is 1100. The van der Waals surface area contributed by atoms with E-state index in [-0.39, 0.29) is 0 Å². The predicted molar refractivity (Wildman–Crippen MR) is 117 cm³/mol. The molecule has 0 spiro atoms. The predicted octanol–water partition coefficient (Wildman–Crippen LogP) is 5.85. The number of pyridine rings is 1. The van der Waals surface area contributed by atoms with Crippen LogP contribution in [0.5, 0.6) is 0 Å². The number of rotatable bonds is 3. The number of likely N-dealkylation sites (N-methyl/N-ethyl adjacent to an activating group) is 1. The van der Waals surface area contributed by atoms with Gasteiger partial charge in [0, 0.05) is 34.1 Å². The number of nitrogens with zero attached hydrogens (tertiary/aromatic N) is 3. The lowest BCUT2D eigenvalue weighted by Gasteiger charge is -2.36. The van der Waals surface area contributed by atoms with Crippen LogP contribution in [-0.4, -0.2) is 34.5 Å². The van der Waals surface area contributed by atoms with Crippen LogP contribution in [0.3, 0.4) is 0 Å². The van der Waals surface area contributed by atoms with Crippen molar-refractivity contribution in [3.63, 3.8) is 0 Å². The van der Waals surface area contributed by atoms with Gasteiger partial charge in [-0.25, -0.2) is 9.97 Å². The second kappa shape index (κ2) is 6.86. The zero-order valence-corrected chi connectivity index (χ0v) is 17.1. The number of anilines is 2. The summed E-state index contributed by atoms with van der Waals surface area (Å²) < 4.78 is 1.22. The van der Waals surface area contributed by atoms with Gasteiger partial charge in [-0.2, -0.15) is 0 Å². The van der Waals surface area contributed by atoms with Gasteiger partial charge in [0.25, 0.3) is 0 Å². The van der Waals surface area contributed by atoms with E-state index in [2.05, 4.69) is 64.5 Å². The van der Waals surface area contributed by atoms with E-state index < -0.39 is 0 Å². The van der Waals surface area contributed by atoms with Crippen LogP contribution in [0.1, 0.15) is 30.6 Å². The first-order valence-corrected chi connectivity index (χ1v) is 11.1. The standard InChI is InChI=1S/C21H22N4S2/c1-13-15(4-3-9-25(13)2)20-11-16-17(7-8-22-21(16)27-20)24-14-5-6-19-18(10-14)23-12-26-19/h5-8,10-13,15H,3-4,9H2,1-2H3,(H,22,24)/t13-,15-/m1/s1. The van der Waals surface area contributed by atoms with E-state index in [1.165, 1.54) is 34.3 Å². The molecule has 1 aromatic carbocycles. The zero-order valence-electron chi connectivity index (χ0n) is 15.5. The minimum absolute atomic E-state index is 0.579. The number of aromatic nitrogens is 2. The monoisotopic (exact) mass is 394 g/mol. The third-order valence-electron chi connectivity index (χ3n) is 5.73. The molecule has 0 radical (unpaired) electrons. The third kappa shape index (κ3) is 3.12. The molecule has 1 fully saturated rings. The second-order valence-corrected chi connectivity index (χ2v) is 9.30. The number of piperidine rings is 1. The van der Waals surface area contributed by atoms with Crippen molar-refractivity contribution >= 4 is 54.5 Å². The molecule has 0 bridgehead atoms. The number of benzene rings is 1. The lowest BCUT2D eigenvalue weighted by molar-refractivity contribution is 0.176. The van der Waals surface area contributed by atoms with Gasteiger partial charge >= 0.3 is 0 Å². The van der Waals surface area contributed by atoms with E-state index in [0.717, 1.165) is 21.7 Å². The maximum Gasteiger partial charge on any atom is 0.125 e. The fraction of sp³-hybridized carbons (Fsp3) is 0.333. The highest BCUT2D eigenvalue weighted by Crippen LogP contribution is 2.40. The number of likely N-dealkylation sites (tertiary alicyclic amines) is 1. The average Bonchev–Trinajstić information content (AvgIpc) is 3.30. The molecule has 4 heterocycles. The van der Waals surface area contributed by atoms with Crippen LogP contribution in [0.15, 0.2) is 42.0 Å². The summed E-state index contributed by atoms with van der Waals surface area (Å²) in [7, 11) is 2.24. The molecule has 0 amide bonds. The largest absolute Gasteiger partial charge is 0.355 e. The molecular weight excluding hydrogens is 372 g/mol. The Labute approximate surface area is 166 Å². The van der Waals surface area contributed by atoms with Crippen molar-refractivity contribution in [2.45, 2.75) is 31.7 Å². The van der Waals surface area contributed by atoms with Crippen molar-refractivity contribution in [3.8, 4) is 0 Å². The number of nitrogens with one attached hydrogen (secondary N) is 1. The number of fused-ring (bicyclic) bond motifs is 2. The van der Waals surface area contributed by atoms with Crippen LogP contribution in [0.25, 0.3) is 20.4 Å². The van der Waals surface area contributed by atoms with Crippen LogP contribution < -0.4 is 5.32 Å².